The number of methoxy groups -OCH3 is 1. The minimum Gasteiger partial charge on any atom is -0.490 e. The molecule has 0 heterocycles. The van der Waals surface area contributed by atoms with Gasteiger partial charge >= 0.3 is 5.97 Å². The number of aliphatic hydroxyl groups excluding tert-OH is 2. The lowest BCUT2D eigenvalue weighted by Crippen LogP contribution is -2.39. The highest BCUT2D eigenvalue weighted by atomic mass is 16.5. The summed E-state index contributed by atoms with van der Waals surface area (Å²) in [5.41, 5.74) is 7.33. The van der Waals surface area contributed by atoms with Gasteiger partial charge in [0.25, 0.3) is 0 Å². The Morgan fingerprint density at radius 1 is 1.03 bits per heavy atom. The topological polar surface area (TPSA) is 131 Å². The van der Waals surface area contributed by atoms with Crippen molar-refractivity contribution in [3.8, 4) is 11.5 Å². The van der Waals surface area contributed by atoms with Gasteiger partial charge in [-0.05, 0) is 48.8 Å². The molecule has 0 fully saturated rings. The van der Waals surface area contributed by atoms with Crippen LogP contribution >= 0.6 is 0 Å². The Bertz CT molecular complexity index is 683. The molecule has 4 unspecified atom stereocenters. The smallest absolute Gasteiger partial charge is 0.306 e. The highest BCUT2D eigenvalue weighted by molar-refractivity contribution is 5.69. The zero-order chi connectivity index (χ0) is 24.8. The predicted octanol–water partition coefficient (Wildman–Crippen LogP) is 2.87. The minimum atomic E-state index is -0.930. The molecule has 0 saturated heterocycles. The molecule has 0 spiro atoms. The molecule has 0 saturated carbocycles. The van der Waals surface area contributed by atoms with Gasteiger partial charge in [0.15, 0.2) is 11.5 Å². The maximum Gasteiger partial charge on any atom is 0.306 e. The monoisotopic (exact) mass is 469 g/mol. The standard InChI is InChI=1S/C25H43NO7/c1-17(2)20(16-21(26)22(28)13-18(3)25(29)30)14-19-7-8-23(32-11-5-9-27)24(15-19)33-12-6-10-31-4/h7-8,15,17-18,20-22,27-28H,5-6,9-14,16,26H2,1-4H3,(H,29,30). The number of benzene rings is 1. The van der Waals surface area contributed by atoms with E-state index < -0.39 is 24.0 Å². The van der Waals surface area contributed by atoms with E-state index in [1.807, 2.05) is 18.2 Å². The third-order valence-corrected chi connectivity index (χ3v) is 5.84. The Hall–Kier alpha value is -1.87. The van der Waals surface area contributed by atoms with Crippen molar-refractivity contribution in [2.24, 2.45) is 23.5 Å². The normalized spacial score (nSPS) is 15.2. The van der Waals surface area contributed by atoms with Crippen LogP contribution in [0.1, 0.15) is 52.0 Å². The summed E-state index contributed by atoms with van der Waals surface area (Å²) in [5, 5.41) is 28.5. The van der Waals surface area contributed by atoms with Crippen molar-refractivity contribution < 1.29 is 34.3 Å². The molecule has 0 aliphatic heterocycles. The summed E-state index contributed by atoms with van der Waals surface area (Å²) in [7, 11) is 1.65. The second kappa shape index (κ2) is 15.9. The molecular formula is C25H43NO7. The minimum absolute atomic E-state index is 0.0650. The number of ether oxygens (including phenoxy) is 3. The van der Waals surface area contributed by atoms with E-state index in [4.69, 9.17) is 30.2 Å². The Kier molecular flexibility index (Phi) is 14.0. The SMILES string of the molecule is COCCCOc1cc(CC(CC(N)C(O)CC(C)C(=O)O)C(C)C)ccc1OCCCO. The molecule has 1 aromatic carbocycles. The van der Waals surface area contributed by atoms with Crippen molar-refractivity contribution in [2.45, 2.75) is 65.0 Å². The molecule has 5 N–H and O–H groups in total. The van der Waals surface area contributed by atoms with Gasteiger partial charge in [0, 0.05) is 39.2 Å². The van der Waals surface area contributed by atoms with E-state index in [1.54, 1.807) is 14.0 Å². The molecule has 0 aliphatic rings. The summed E-state index contributed by atoms with van der Waals surface area (Å²) in [6, 6.07) is 5.37. The van der Waals surface area contributed by atoms with Gasteiger partial charge in [-0.3, -0.25) is 4.79 Å². The third kappa shape index (κ3) is 11.2. The van der Waals surface area contributed by atoms with Gasteiger partial charge in [-0.2, -0.15) is 0 Å². The van der Waals surface area contributed by atoms with Crippen molar-refractivity contribution in [3.05, 3.63) is 23.8 Å². The van der Waals surface area contributed by atoms with Gasteiger partial charge in [-0.1, -0.05) is 26.8 Å². The molecule has 1 rings (SSSR count). The number of hydrogen-bond acceptors (Lipinski definition) is 7. The number of carboxylic acids is 1. The molecule has 1 aromatic rings. The molecule has 0 aromatic heterocycles. The quantitative estimate of drug-likeness (QED) is 0.241. The Labute approximate surface area is 198 Å². The molecule has 4 atom stereocenters. The summed E-state index contributed by atoms with van der Waals surface area (Å²) in [5.74, 6) is 0.258. The van der Waals surface area contributed by atoms with E-state index in [0.717, 1.165) is 18.4 Å². The summed E-state index contributed by atoms with van der Waals surface area (Å²) >= 11 is 0. The number of hydrogen-bond donors (Lipinski definition) is 4. The molecule has 0 amide bonds. The first-order chi connectivity index (χ1) is 15.7. The van der Waals surface area contributed by atoms with Crippen LogP contribution in [0.3, 0.4) is 0 Å². The van der Waals surface area contributed by atoms with E-state index in [2.05, 4.69) is 13.8 Å². The van der Waals surface area contributed by atoms with Crippen LogP contribution in [0, 0.1) is 17.8 Å². The van der Waals surface area contributed by atoms with E-state index in [-0.39, 0.29) is 18.9 Å². The average molecular weight is 470 g/mol. The summed E-state index contributed by atoms with van der Waals surface area (Å²) in [6.45, 7) is 7.40. The molecule has 0 bridgehead atoms. The first kappa shape index (κ1) is 29.2. The van der Waals surface area contributed by atoms with Crippen LogP contribution in [-0.4, -0.2) is 67.0 Å². The zero-order valence-corrected chi connectivity index (χ0v) is 20.5. The van der Waals surface area contributed by atoms with E-state index in [1.165, 1.54) is 0 Å². The van der Waals surface area contributed by atoms with Crippen LogP contribution in [0.5, 0.6) is 11.5 Å². The molecular weight excluding hydrogens is 426 g/mol. The predicted molar refractivity (Wildman–Crippen MR) is 128 cm³/mol. The summed E-state index contributed by atoms with van der Waals surface area (Å²) in [6.07, 6.45) is 1.91. The maximum atomic E-state index is 11.1. The van der Waals surface area contributed by atoms with Crippen LogP contribution in [0.25, 0.3) is 0 Å². The van der Waals surface area contributed by atoms with Crippen molar-refractivity contribution in [2.75, 3.05) is 33.5 Å². The summed E-state index contributed by atoms with van der Waals surface area (Å²) in [4.78, 5) is 11.1. The second-order valence-corrected chi connectivity index (χ2v) is 9.05. The molecule has 190 valence electrons. The van der Waals surface area contributed by atoms with Gasteiger partial charge in [-0.25, -0.2) is 0 Å². The van der Waals surface area contributed by atoms with Crippen LogP contribution < -0.4 is 15.2 Å². The van der Waals surface area contributed by atoms with Gasteiger partial charge in [0.1, 0.15) is 0 Å². The highest BCUT2D eigenvalue weighted by Gasteiger charge is 2.26. The Balaban J connectivity index is 2.88. The lowest BCUT2D eigenvalue weighted by Gasteiger charge is -2.28. The number of aliphatic carboxylic acids is 1. The fourth-order valence-electron chi connectivity index (χ4n) is 3.58. The fourth-order valence-corrected chi connectivity index (χ4v) is 3.58. The molecule has 0 aliphatic carbocycles. The first-order valence-corrected chi connectivity index (χ1v) is 11.8. The Morgan fingerprint density at radius 2 is 1.70 bits per heavy atom. The van der Waals surface area contributed by atoms with Gasteiger partial charge < -0.3 is 35.3 Å². The van der Waals surface area contributed by atoms with Gasteiger partial charge in [0.05, 0.1) is 25.2 Å². The van der Waals surface area contributed by atoms with Crippen molar-refractivity contribution >= 4 is 5.97 Å². The number of rotatable bonds is 18. The van der Waals surface area contributed by atoms with Crippen LogP contribution in [0.15, 0.2) is 18.2 Å². The second-order valence-electron chi connectivity index (χ2n) is 9.05. The first-order valence-electron chi connectivity index (χ1n) is 11.8. The van der Waals surface area contributed by atoms with Crippen molar-refractivity contribution in [3.63, 3.8) is 0 Å². The molecule has 8 nitrogen and oxygen atoms in total. The van der Waals surface area contributed by atoms with E-state index in [9.17, 15) is 9.90 Å². The third-order valence-electron chi connectivity index (χ3n) is 5.84. The van der Waals surface area contributed by atoms with Crippen LogP contribution in [0.4, 0.5) is 0 Å². The van der Waals surface area contributed by atoms with Crippen LogP contribution in [-0.2, 0) is 16.0 Å². The largest absolute Gasteiger partial charge is 0.490 e. The van der Waals surface area contributed by atoms with Crippen molar-refractivity contribution in [1.82, 2.24) is 0 Å². The number of aliphatic hydroxyl groups is 2. The zero-order valence-electron chi connectivity index (χ0n) is 20.5. The maximum absolute atomic E-state index is 11.1. The number of carbonyl (C=O) groups is 1. The Morgan fingerprint density at radius 3 is 2.30 bits per heavy atom. The lowest BCUT2D eigenvalue weighted by atomic mass is 9.82. The lowest BCUT2D eigenvalue weighted by molar-refractivity contribution is -0.142. The average Bonchev–Trinajstić information content (AvgIpc) is 2.77. The number of carboxylic acid groups (broad SMARTS) is 1. The van der Waals surface area contributed by atoms with E-state index >= 15 is 0 Å². The highest BCUT2D eigenvalue weighted by Crippen LogP contribution is 2.32. The molecule has 33 heavy (non-hydrogen) atoms. The van der Waals surface area contributed by atoms with Crippen molar-refractivity contribution in [1.29, 1.82) is 0 Å². The van der Waals surface area contributed by atoms with Crippen LogP contribution in [0.2, 0.25) is 0 Å². The number of nitrogens with two attached hydrogens (primary N) is 1. The van der Waals surface area contributed by atoms with Gasteiger partial charge in [-0.15, -0.1) is 0 Å². The molecule has 0 radical (unpaired) electrons. The van der Waals surface area contributed by atoms with E-state index in [0.29, 0.717) is 50.1 Å². The molecule has 8 heteroatoms. The van der Waals surface area contributed by atoms with Gasteiger partial charge in [0.2, 0.25) is 0 Å². The fraction of sp³-hybridized carbons (Fsp3) is 0.720. The summed E-state index contributed by atoms with van der Waals surface area (Å²) < 4.78 is 16.8.